The molecule has 0 saturated carbocycles. The molecule has 5 nitrogen and oxygen atoms in total. The Morgan fingerprint density at radius 2 is 2.00 bits per heavy atom. The molecule has 1 heterocycles. The van der Waals surface area contributed by atoms with Gasteiger partial charge in [0.15, 0.2) is 5.79 Å². The second-order valence-corrected chi connectivity index (χ2v) is 3.90. The van der Waals surface area contributed by atoms with Gasteiger partial charge in [0.05, 0.1) is 25.2 Å². The highest BCUT2D eigenvalue weighted by molar-refractivity contribution is 5.67. The first-order valence-electron chi connectivity index (χ1n) is 4.61. The lowest BCUT2D eigenvalue weighted by Crippen LogP contribution is -2.46. The van der Waals surface area contributed by atoms with Crippen molar-refractivity contribution in [3.63, 3.8) is 0 Å². The number of carbonyl (C=O) groups is 1. The van der Waals surface area contributed by atoms with Crippen molar-refractivity contribution in [1.29, 1.82) is 0 Å². The fraction of sp³-hybridized carbons (Fsp3) is 0.889. The molecule has 0 aromatic carbocycles. The van der Waals surface area contributed by atoms with Gasteiger partial charge in [0.25, 0.3) is 0 Å². The number of aliphatic carboxylic acids is 1. The Balaban J connectivity index is 2.56. The van der Waals surface area contributed by atoms with Crippen LogP contribution in [0.25, 0.3) is 0 Å². The molecule has 0 aliphatic carbocycles. The predicted molar refractivity (Wildman–Crippen MR) is 47.8 cm³/mol. The van der Waals surface area contributed by atoms with Crippen molar-refractivity contribution < 1.29 is 24.5 Å². The fourth-order valence-electron chi connectivity index (χ4n) is 1.65. The van der Waals surface area contributed by atoms with Gasteiger partial charge < -0.3 is 19.7 Å². The Morgan fingerprint density at radius 3 is 2.50 bits per heavy atom. The van der Waals surface area contributed by atoms with E-state index in [-0.39, 0.29) is 25.2 Å². The van der Waals surface area contributed by atoms with Crippen molar-refractivity contribution >= 4 is 5.97 Å². The van der Waals surface area contributed by atoms with Gasteiger partial charge in [0.1, 0.15) is 0 Å². The summed E-state index contributed by atoms with van der Waals surface area (Å²) >= 11 is 0. The van der Waals surface area contributed by atoms with Crippen LogP contribution < -0.4 is 0 Å². The number of aliphatic hydroxyl groups excluding tert-OH is 1. The van der Waals surface area contributed by atoms with Crippen molar-refractivity contribution in [2.24, 2.45) is 0 Å². The van der Waals surface area contributed by atoms with E-state index >= 15 is 0 Å². The minimum atomic E-state index is -0.899. The minimum Gasteiger partial charge on any atom is -0.481 e. The molecule has 1 rings (SSSR count). The topological polar surface area (TPSA) is 76.0 Å². The molecule has 0 amide bonds. The van der Waals surface area contributed by atoms with Gasteiger partial charge in [-0.05, 0) is 13.8 Å². The summed E-state index contributed by atoms with van der Waals surface area (Å²) in [5, 5.41) is 17.6. The highest BCUT2D eigenvalue weighted by atomic mass is 16.7. The standard InChI is InChI=1S/C9H16O5/c1-9(2)13-6(4-8(11)12)3-7(5-10)14-9/h6-7,10H,3-5H2,1-2H3,(H,11,12)/t6-,7-/m1/s1. The lowest BCUT2D eigenvalue weighted by Gasteiger charge is -2.39. The Morgan fingerprint density at radius 1 is 1.43 bits per heavy atom. The monoisotopic (exact) mass is 204 g/mol. The van der Waals surface area contributed by atoms with Gasteiger partial charge in [-0.2, -0.15) is 0 Å². The Bertz CT molecular complexity index is 213. The van der Waals surface area contributed by atoms with E-state index in [2.05, 4.69) is 0 Å². The molecule has 2 atom stereocenters. The molecule has 82 valence electrons. The molecule has 0 aromatic rings. The van der Waals surface area contributed by atoms with Crippen molar-refractivity contribution in [2.75, 3.05) is 6.61 Å². The molecule has 0 spiro atoms. The van der Waals surface area contributed by atoms with E-state index in [4.69, 9.17) is 19.7 Å². The molecule has 1 saturated heterocycles. The first-order valence-corrected chi connectivity index (χ1v) is 4.61. The minimum absolute atomic E-state index is 0.0523. The number of rotatable bonds is 3. The number of hydrogen-bond donors (Lipinski definition) is 2. The van der Waals surface area contributed by atoms with E-state index in [1.807, 2.05) is 0 Å². The normalized spacial score (nSPS) is 31.4. The lowest BCUT2D eigenvalue weighted by molar-refractivity contribution is -0.303. The van der Waals surface area contributed by atoms with E-state index < -0.39 is 11.8 Å². The molecular formula is C9H16O5. The lowest BCUT2D eigenvalue weighted by atomic mass is 10.1. The second-order valence-electron chi connectivity index (χ2n) is 3.90. The highest BCUT2D eigenvalue weighted by Crippen LogP contribution is 2.27. The summed E-state index contributed by atoms with van der Waals surface area (Å²) in [5.74, 6) is -1.71. The molecule has 0 radical (unpaired) electrons. The number of ether oxygens (including phenoxy) is 2. The number of aliphatic hydroxyl groups is 1. The van der Waals surface area contributed by atoms with E-state index in [1.54, 1.807) is 13.8 Å². The molecule has 1 fully saturated rings. The smallest absolute Gasteiger partial charge is 0.305 e. The summed E-state index contributed by atoms with van der Waals surface area (Å²) in [6.07, 6.45) is -0.341. The number of carboxylic acid groups (broad SMARTS) is 1. The van der Waals surface area contributed by atoms with Gasteiger partial charge in [-0.15, -0.1) is 0 Å². The van der Waals surface area contributed by atoms with E-state index in [1.165, 1.54) is 0 Å². The third-order valence-electron chi connectivity index (χ3n) is 2.03. The van der Waals surface area contributed by atoms with Gasteiger partial charge >= 0.3 is 5.97 Å². The van der Waals surface area contributed by atoms with Crippen LogP contribution in [0.1, 0.15) is 26.7 Å². The molecular weight excluding hydrogens is 188 g/mol. The van der Waals surface area contributed by atoms with Crippen molar-refractivity contribution in [1.82, 2.24) is 0 Å². The number of carboxylic acids is 1. The largest absolute Gasteiger partial charge is 0.481 e. The maximum atomic E-state index is 10.5. The Kier molecular flexibility index (Phi) is 3.47. The van der Waals surface area contributed by atoms with Crippen LogP contribution >= 0.6 is 0 Å². The first kappa shape index (κ1) is 11.4. The molecule has 1 aliphatic rings. The molecule has 0 aromatic heterocycles. The van der Waals surface area contributed by atoms with Crippen molar-refractivity contribution in [3.05, 3.63) is 0 Å². The van der Waals surface area contributed by atoms with Gasteiger partial charge in [0, 0.05) is 6.42 Å². The Labute approximate surface area is 82.6 Å². The van der Waals surface area contributed by atoms with Gasteiger partial charge in [-0.1, -0.05) is 0 Å². The maximum Gasteiger partial charge on any atom is 0.305 e. The third kappa shape index (κ3) is 3.25. The zero-order valence-corrected chi connectivity index (χ0v) is 8.40. The molecule has 0 bridgehead atoms. The van der Waals surface area contributed by atoms with Crippen LogP contribution in [0.2, 0.25) is 0 Å². The maximum absolute atomic E-state index is 10.5. The van der Waals surface area contributed by atoms with Crippen LogP contribution in [-0.4, -0.2) is 40.8 Å². The van der Waals surface area contributed by atoms with Crippen LogP contribution in [0, 0.1) is 0 Å². The summed E-state index contributed by atoms with van der Waals surface area (Å²) in [5.41, 5.74) is 0. The summed E-state index contributed by atoms with van der Waals surface area (Å²) < 4.78 is 10.8. The summed E-state index contributed by atoms with van der Waals surface area (Å²) in [6, 6.07) is 0. The molecule has 14 heavy (non-hydrogen) atoms. The van der Waals surface area contributed by atoms with Gasteiger partial charge in [-0.3, -0.25) is 4.79 Å². The summed E-state index contributed by atoms with van der Waals surface area (Å²) in [6.45, 7) is 3.32. The first-order chi connectivity index (χ1) is 6.43. The highest BCUT2D eigenvalue weighted by Gasteiger charge is 2.35. The van der Waals surface area contributed by atoms with Crippen LogP contribution in [0.4, 0.5) is 0 Å². The predicted octanol–water partition coefficient (Wildman–Crippen LogP) is 0.364. The van der Waals surface area contributed by atoms with Crippen LogP contribution in [-0.2, 0) is 14.3 Å². The molecule has 0 unspecified atom stereocenters. The van der Waals surface area contributed by atoms with Gasteiger partial charge in [-0.25, -0.2) is 0 Å². The third-order valence-corrected chi connectivity index (χ3v) is 2.03. The molecule has 2 N–H and O–H groups in total. The fourth-order valence-corrected chi connectivity index (χ4v) is 1.65. The van der Waals surface area contributed by atoms with E-state index in [0.717, 1.165) is 0 Å². The zero-order chi connectivity index (χ0) is 10.8. The second kappa shape index (κ2) is 4.25. The SMILES string of the molecule is CC1(C)O[C@@H](CO)C[C@H](CC(=O)O)O1. The number of hydrogen-bond acceptors (Lipinski definition) is 4. The van der Waals surface area contributed by atoms with E-state index in [0.29, 0.717) is 6.42 Å². The average molecular weight is 204 g/mol. The van der Waals surface area contributed by atoms with Gasteiger partial charge in [0.2, 0.25) is 0 Å². The quantitative estimate of drug-likeness (QED) is 0.694. The average Bonchev–Trinajstić information content (AvgIpc) is 1.99. The molecule has 1 aliphatic heterocycles. The van der Waals surface area contributed by atoms with Crippen LogP contribution in [0.5, 0.6) is 0 Å². The summed E-state index contributed by atoms with van der Waals surface area (Å²) in [4.78, 5) is 10.5. The molecule has 5 heteroatoms. The van der Waals surface area contributed by atoms with Crippen LogP contribution in [0.15, 0.2) is 0 Å². The van der Waals surface area contributed by atoms with E-state index in [9.17, 15) is 4.79 Å². The Hall–Kier alpha value is -0.650. The van der Waals surface area contributed by atoms with Crippen molar-refractivity contribution in [3.8, 4) is 0 Å². The summed E-state index contributed by atoms with van der Waals surface area (Å²) in [7, 11) is 0. The zero-order valence-electron chi connectivity index (χ0n) is 8.40. The van der Waals surface area contributed by atoms with Crippen LogP contribution in [0.3, 0.4) is 0 Å². The van der Waals surface area contributed by atoms with Crippen molar-refractivity contribution in [2.45, 2.75) is 44.7 Å².